The van der Waals surface area contributed by atoms with Crippen molar-refractivity contribution in [2.75, 3.05) is 19.1 Å². The standard InChI is InChI=1S/C30H28N2O4/c1-35-26-17-13-24(14-18-26)31-21-32(25-15-19-27(36-2)20-16-25)29(23-11-7-4-8-12-23)28(30(33)34)22-9-5-3-6-10-22/h3-21,28-29H,1-2H3,(H,33,34). The van der Waals surface area contributed by atoms with E-state index in [4.69, 9.17) is 14.5 Å². The van der Waals surface area contributed by atoms with Crippen LogP contribution in [0.15, 0.2) is 114 Å². The van der Waals surface area contributed by atoms with E-state index < -0.39 is 17.9 Å². The largest absolute Gasteiger partial charge is 0.497 e. The minimum Gasteiger partial charge on any atom is -0.497 e. The number of carboxylic acids is 1. The number of aliphatic carboxylic acids is 1. The number of rotatable bonds is 10. The third-order valence-electron chi connectivity index (χ3n) is 5.96. The Morgan fingerprint density at radius 1 is 0.750 bits per heavy atom. The third kappa shape index (κ3) is 5.73. The first-order valence-corrected chi connectivity index (χ1v) is 11.5. The van der Waals surface area contributed by atoms with Gasteiger partial charge in [0.15, 0.2) is 0 Å². The third-order valence-corrected chi connectivity index (χ3v) is 5.96. The van der Waals surface area contributed by atoms with Gasteiger partial charge in [0, 0.05) is 5.69 Å². The van der Waals surface area contributed by atoms with E-state index in [9.17, 15) is 9.90 Å². The summed E-state index contributed by atoms with van der Waals surface area (Å²) in [5.74, 6) is -0.345. The molecule has 0 aliphatic rings. The molecule has 182 valence electrons. The van der Waals surface area contributed by atoms with Gasteiger partial charge in [-0.1, -0.05) is 60.7 Å². The van der Waals surface area contributed by atoms with Crippen molar-refractivity contribution in [2.45, 2.75) is 12.0 Å². The average Bonchev–Trinajstić information content (AvgIpc) is 2.94. The van der Waals surface area contributed by atoms with Gasteiger partial charge in [0.25, 0.3) is 0 Å². The van der Waals surface area contributed by atoms with Crippen LogP contribution in [0, 0.1) is 0 Å². The van der Waals surface area contributed by atoms with Gasteiger partial charge >= 0.3 is 5.97 Å². The molecule has 0 aromatic heterocycles. The van der Waals surface area contributed by atoms with Gasteiger partial charge in [-0.2, -0.15) is 0 Å². The van der Waals surface area contributed by atoms with Crippen LogP contribution in [-0.2, 0) is 4.79 Å². The molecule has 6 nitrogen and oxygen atoms in total. The summed E-state index contributed by atoms with van der Waals surface area (Å²) in [4.78, 5) is 19.4. The summed E-state index contributed by atoms with van der Waals surface area (Å²) in [7, 11) is 3.23. The van der Waals surface area contributed by atoms with Gasteiger partial charge in [0.2, 0.25) is 0 Å². The number of carboxylic acid groups (broad SMARTS) is 1. The number of nitrogens with zero attached hydrogens (tertiary/aromatic N) is 2. The Labute approximate surface area is 211 Å². The summed E-state index contributed by atoms with van der Waals surface area (Å²) >= 11 is 0. The highest BCUT2D eigenvalue weighted by atomic mass is 16.5. The van der Waals surface area contributed by atoms with Crippen molar-refractivity contribution in [1.29, 1.82) is 0 Å². The second-order valence-corrected chi connectivity index (χ2v) is 8.13. The zero-order valence-corrected chi connectivity index (χ0v) is 20.2. The summed E-state index contributed by atoms with van der Waals surface area (Å²) in [5, 5.41) is 10.5. The molecular formula is C30H28N2O4. The number of anilines is 1. The summed E-state index contributed by atoms with van der Waals surface area (Å²) in [6, 6.07) is 33.2. The van der Waals surface area contributed by atoms with E-state index in [0.717, 1.165) is 17.0 Å². The number of aliphatic imine (C=N–C) groups is 1. The Balaban J connectivity index is 1.87. The van der Waals surface area contributed by atoms with Crippen LogP contribution in [0.1, 0.15) is 23.1 Å². The lowest BCUT2D eigenvalue weighted by atomic mass is 9.85. The average molecular weight is 481 g/mol. The van der Waals surface area contributed by atoms with E-state index in [1.54, 1.807) is 20.6 Å². The van der Waals surface area contributed by atoms with Crippen molar-refractivity contribution in [3.8, 4) is 11.5 Å². The van der Waals surface area contributed by atoms with Gasteiger partial charge in [0.05, 0.1) is 32.3 Å². The molecular weight excluding hydrogens is 452 g/mol. The minimum absolute atomic E-state index is 0.582. The first kappa shape index (κ1) is 24.5. The normalized spacial score (nSPS) is 12.6. The van der Waals surface area contributed by atoms with Crippen molar-refractivity contribution in [1.82, 2.24) is 0 Å². The molecule has 0 spiro atoms. The molecule has 4 rings (SSSR count). The van der Waals surface area contributed by atoms with E-state index >= 15 is 0 Å². The molecule has 0 fully saturated rings. The Hall–Kier alpha value is -4.58. The molecule has 0 amide bonds. The lowest BCUT2D eigenvalue weighted by molar-refractivity contribution is -0.139. The van der Waals surface area contributed by atoms with Gasteiger partial charge in [-0.15, -0.1) is 0 Å². The molecule has 2 unspecified atom stereocenters. The van der Waals surface area contributed by atoms with Crippen LogP contribution in [0.4, 0.5) is 11.4 Å². The quantitative estimate of drug-likeness (QED) is 0.208. The SMILES string of the molecule is COc1ccc(N=CN(c2ccc(OC)cc2)C(c2ccccc2)C(C(=O)O)c2ccccc2)cc1. The first-order valence-electron chi connectivity index (χ1n) is 11.5. The molecule has 0 saturated carbocycles. The Morgan fingerprint density at radius 2 is 1.25 bits per heavy atom. The zero-order chi connectivity index (χ0) is 25.3. The second kappa shape index (κ2) is 11.7. The van der Waals surface area contributed by atoms with Crippen LogP contribution < -0.4 is 14.4 Å². The number of hydrogen-bond acceptors (Lipinski definition) is 4. The van der Waals surface area contributed by atoms with Gasteiger partial charge in [-0.3, -0.25) is 4.79 Å². The summed E-state index contributed by atoms with van der Waals surface area (Å²) in [5.41, 5.74) is 3.05. The predicted octanol–water partition coefficient (Wildman–Crippen LogP) is 6.48. The maximum Gasteiger partial charge on any atom is 0.313 e. The molecule has 2 atom stereocenters. The molecule has 0 saturated heterocycles. The molecule has 0 heterocycles. The number of benzene rings is 4. The topological polar surface area (TPSA) is 71.4 Å². The number of carbonyl (C=O) groups is 1. The Kier molecular flexibility index (Phi) is 7.98. The Morgan fingerprint density at radius 3 is 1.75 bits per heavy atom. The molecule has 36 heavy (non-hydrogen) atoms. The fourth-order valence-corrected chi connectivity index (χ4v) is 4.13. The van der Waals surface area contributed by atoms with Crippen molar-refractivity contribution in [2.24, 2.45) is 4.99 Å². The summed E-state index contributed by atoms with van der Waals surface area (Å²) in [6.45, 7) is 0. The highest BCUT2D eigenvalue weighted by Crippen LogP contribution is 2.39. The molecule has 4 aromatic carbocycles. The van der Waals surface area contributed by atoms with Crippen molar-refractivity contribution in [3.05, 3.63) is 120 Å². The van der Waals surface area contributed by atoms with E-state index in [-0.39, 0.29) is 0 Å². The van der Waals surface area contributed by atoms with Crippen LogP contribution in [0.25, 0.3) is 0 Å². The van der Waals surface area contributed by atoms with E-state index in [1.807, 2.05) is 114 Å². The van der Waals surface area contributed by atoms with E-state index in [1.165, 1.54) is 0 Å². The lowest BCUT2D eigenvalue weighted by Crippen LogP contribution is -2.35. The molecule has 6 heteroatoms. The van der Waals surface area contributed by atoms with Crippen LogP contribution in [0.2, 0.25) is 0 Å². The zero-order valence-electron chi connectivity index (χ0n) is 20.2. The van der Waals surface area contributed by atoms with Gasteiger partial charge in [-0.05, 0) is 59.7 Å². The fourth-order valence-electron chi connectivity index (χ4n) is 4.13. The number of hydrogen-bond donors (Lipinski definition) is 1. The molecule has 0 bridgehead atoms. The molecule has 0 radical (unpaired) electrons. The van der Waals surface area contributed by atoms with Crippen molar-refractivity contribution in [3.63, 3.8) is 0 Å². The van der Waals surface area contributed by atoms with Crippen LogP contribution in [0.3, 0.4) is 0 Å². The van der Waals surface area contributed by atoms with Gasteiger partial charge < -0.3 is 19.5 Å². The van der Waals surface area contributed by atoms with Crippen LogP contribution in [0.5, 0.6) is 11.5 Å². The van der Waals surface area contributed by atoms with Crippen LogP contribution in [-0.4, -0.2) is 31.6 Å². The maximum atomic E-state index is 12.8. The van der Waals surface area contributed by atoms with Gasteiger partial charge in [-0.25, -0.2) is 4.99 Å². The van der Waals surface area contributed by atoms with E-state index in [2.05, 4.69) is 0 Å². The van der Waals surface area contributed by atoms with Gasteiger partial charge in [0.1, 0.15) is 17.4 Å². The number of ether oxygens (including phenoxy) is 2. The predicted molar refractivity (Wildman–Crippen MR) is 143 cm³/mol. The lowest BCUT2D eigenvalue weighted by Gasteiger charge is -2.35. The number of methoxy groups -OCH3 is 2. The van der Waals surface area contributed by atoms with Crippen LogP contribution >= 0.6 is 0 Å². The summed E-state index contributed by atoms with van der Waals surface area (Å²) in [6.07, 6.45) is 1.69. The monoisotopic (exact) mass is 480 g/mol. The fraction of sp³-hybridized carbons (Fsp3) is 0.133. The van der Waals surface area contributed by atoms with Crippen molar-refractivity contribution < 1.29 is 19.4 Å². The second-order valence-electron chi connectivity index (χ2n) is 8.13. The first-order chi connectivity index (χ1) is 17.6. The van der Waals surface area contributed by atoms with E-state index in [0.29, 0.717) is 17.0 Å². The smallest absolute Gasteiger partial charge is 0.313 e. The summed E-state index contributed by atoms with van der Waals surface area (Å²) < 4.78 is 10.6. The Bertz CT molecular complexity index is 1270. The molecule has 1 N–H and O–H groups in total. The molecule has 0 aliphatic carbocycles. The van der Waals surface area contributed by atoms with Crippen molar-refractivity contribution >= 4 is 23.7 Å². The highest BCUT2D eigenvalue weighted by Gasteiger charge is 2.35. The maximum absolute atomic E-state index is 12.8. The minimum atomic E-state index is -0.925. The highest BCUT2D eigenvalue weighted by molar-refractivity contribution is 5.86. The molecule has 0 aliphatic heterocycles. The molecule has 4 aromatic rings.